The maximum atomic E-state index is 13.1. The third kappa shape index (κ3) is 4.40. The van der Waals surface area contributed by atoms with Gasteiger partial charge in [-0.25, -0.2) is 9.38 Å². The number of aliphatic imine (C=N–C) groups is 1. The fraction of sp³-hybridized carbons (Fsp3) is 0.654. The second kappa shape index (κ2) is 8.92. The van der Waals surface area contributed by atoms with E-state index in [1.807, 2.05) is 4.90 Å². The van der Waals surface area contributed by atoms with Crippen LogP contribution in [0.5, 0.6) is 0 Å². The number of likely N-dealkylation sites (tertiary alicyclic amines) is 1. The molecule has 2 aliphatic carbocycles. The molecule has 32 heavy (non-hydrogen) atoms. The average Bonchev–Trinajstić information content (AvgIpc) is 3.49. The van der Waals surface area contributed by atoms with Gasteiger partial charge in [-0.3, -0.25) is 9.59 Å². The third-order valence-corrected chi connectivity index (χ3v) is 9.90. The van der Waals surface area contributed by atoms with Crippen molar-refractivity contribution in [2.24, 2.45) is 28.7 Å². The Balaban J connectivity index is 1.11. The number of carbonyl (C=O) groups is 2. The summed E-state index contributed by atoms with van der Waals surface area (Å²) in [7, 11) is 0. The predicted octanol–water partition coefficient (Wildman–Crippen LogP) is 5.25. The van der Waals surface area contributed by atoms with Crippen molar-refractivity contribution in [3.05, 3.63) is 35.6 Å². The van der Waals surface area contributed by atoms with Crippen LogP contribution in [0.1, 0.15) is 63.9 Å². The lowest BCUT2D eigenvalue weighted by Crippen LogP contribution is -2.46. The number of piperidine rings is 1. The molecule has 4 nitrogen and oxygen atoms in total. The molecule has 2 aliphatic heterocycles. The number of fused-ring (bicyclic) bond motifs is 2. The summed E-state index contributed by atoms with van der Waals surface area (Å²) in [4.78, 5) is 32.1. The molecule has 0 spiro atoms. The van der Waals surface area contributed by atoms with Crippen molar-refractivity contribution in [1.82, 2.24) is 4.90 Å². The van der Waals surface area contributed by atoms with Gasteiger partial charge in [0.15, 0.2) is 0 Å². The third-order valence-electron chi connectivity index (χ3n) is 8.47. The summed E-state index contributed by atoms with van der Waals surface area (Å²) in [5.41, 5.74) is 0.982. The van der Waals surface area contributed by atoms with Gasteiger partial charge in [0.05, 0.1) is 5.04 Å². The van der Waals surface area contributed by atoms with Gasteiger partial charge in [0, 0.05) is 19.5 Å². The summed E-state index contributed by atoms with van der Waals surface area (Å²) in [5.74, 6) is 2.72. The number of halogens is 1. The first-order valence-electron chi connectivity index (χ1n) is 12.2. The van der Waals surface area contributed by atoms with Crippen molar-refractivity contribution in [3.63, 3.8) is 0 Å². The van der Waals surface area contributed by atoms with E-state index in [2.05, 4.69) is 11.9 Å². The number of amides is 2. The quantitative estimate of drug-likeness (QED) is 0.587. The molecule has 2 saturated carbocycles. The number of benzene rings is 1. The summed E-state index contributed by atoms with van der Waals surface area (Å²) >= 11 is 1.73. The topological polar surface area (TPSA) is 49.7 Å². The molecule has 0 N–H and O–H groups in total. The lowest BCUT2D eigenvalue weighted by molar-refractivity contribution is -0.132. The van der Waals surface area contributed by atoms with Crippen molar-refractivity contribution in [3.8, 4) is 0 Å². The number of nitrogens with zero attached hydrogens (tertiary/aromatic N) is 2. The average molecular weight is 457 g/mol. The van der Waals surface area contributed by atoms with Gasteiger partial charge in [-0.1, -0.05) is 30.3 Å². The molecule has 4 aliphatic rings. The van der Waals surface area contributed by atoms with Gasteiger partial charge in [-0.15, -0.1) is 0 Å². The van der Waals surface area contributed by atoms with E-state index in [9.17, 15) is 14.0 Å². The van der Waals surface area contributed by atoms with Crippen LogP contribution in [0, 0.1) is 29.5 Å². The summed E-state index contributed by atoms with van der Waals surface area (Å²) in [6, 6.07) is 6.37. The molecule has 3 fully saturated rings. The molecular weight excluding hydrogens is 423 g/mol. The monoisotopic (exact) mass is 456 g/mol. The Labute approximate surface area is 194 Å². The van der Waals surface area contributed by atoms with Crippen LogP contribution >= 0.6 is 11.8 Å². The Morgan fingerprint density at radius 1 is 1.16 bits per heavy atom. The lowest BCUT2D eigenvalue weighted by Gasteiger charge is -2.38. The van der Waals surface area contributed by atoms with Crippen molar-refractivity contribution in [1.29, 1.82) is 0 Å². The molecule has 1 aromatic rings. The van der Waals surface area contributed by atoms with Crippen LogP contribution in [0.2, 0.25) is 0 Å². The normalized spacial score (nSPS) is 32.6. The van der Waals surface area contributed by atoms with Crippen LogP contribution in [-0.4, -0.2) is 39.6 Å². The molecule has 0 radical (unpaired) electrons. The van der Waals surface area contributed by atoms with Gasteiger partial charge in [-0.05, 0) is 93.2 Å². The van der Waals surface area contributed by atoms with Crippen molar-refractivity contribution >= 4 is 28.6 Å². The van der Waals surface area contributed by atoms with E-state index in [4.69, 9.17) is 0 Å². The van der Waals surface area contributed by atoms with Crippen molar-refractivity contribution in [2.45, 2.75) is 69.5 Å². The van der Waals surface area contributed by atoms with Crippen LogP contribution in [-0.2, 0) is 16.0 Å². The minimum absolute atomic E-state index is 0.0433. The minimum atomic E-state index is -0.462. The van der Waals surface area contributed by atoms with Crippen LogP contribution < -0.4 is 0 Å². The highest BCUT2D eigenvalue weighted by Gasteiger charge is 2.49. The zero-order valence-corrected chi connectivity index (χ0v) is 19.7. The first-order valence-corrected chi connectivity index (χ1v) is 13.1. The second-order valence-corrected chi connectivity index (χ2v) is 12.0. The summed E-state index contributed by atoms with van der Waals surface area (Å²) in [6.07, 6.45) is 9.26. The van der Waals surface area contributed by atoms with Crippen LogP contribution in [0.4, 0.5) is 4.39 Å². The predicted molar refractivity (Wildman–Crippen MR) is 126 cm³/mol. The standard InChI is InChI=1S/C26H33FN2O2S/c1-26(25(31)28-23(32-26)16-20-15-18-2-6-19(20)14-18)21-10-12-29(13-11-21)24(30)9-5-17-3-7-22(27)8-4-17/h3-4,7-8,18-21H,2,5-6,9-16H2,1H3/t18-,19+,20-,26?/m1/s1. The molecule has 172 valence electrons. The van der Waals surface area contributed by atoms with Gasteiger partial charge < -0.3 is 4.90 Å². The lowest BCUT2D eigenvalue weighted by atomic mass is 9.84. The second-order valence-electron chi connectivity index (χ2n) is 10.4. The minimum Gasteiger partial charge on any atom is -0.343 e. The highest BCUT2D eigenvalue weighted by molar-refractivity contribution is 8.16. The molecule has 1 saturated heterocycles. The zero-order chi connectivity index (χ0) is 22.3. The van der Waals surface area contributed by atoms with Crippen molar-refractivity contribution < 1.29 is 14.0 Å². The van der Waals surface area contributed by atoms with E-state index in [0.717, 1.165) is 47.6 Å². The first-order chi connectivity index (χ1) is 15.4. The Morgan fingerprint density at radius 2 is 1.91 bits per heavy atom. The molecule has 6 heteroatoms. The Kier molecular flexibility index (Phi) is 6.17. The van der Waals surface area contributed by atoms with Gasteiger partial charge >= 0.3 is 0 Å². The number of aryl methyl sites for hydroxylation is 1. The number of hydrogen-bond donors (Lipinski definition) is 0. The fourth-order valence-corrected chi connectivity index (χ4v) is 7.92. The van der Waals surface area contributed by atoms with Crippen molar-refractivity contribution in [2.75, 3.05) is 13.1 Å². The smallest absolute Gasteiger partial charge is 0.263 e. The molecular formula is C26H33FN2O2S. The molecule has 5 rings (SSSR count). The highest BCUT2D eigenvalue weighted by Crippen LogP contribution is 2.52. The highest BCUT2D eigenvalue weighted by atomic mass is 32.2. The molecule has 1 aromatic carbocycles. The van der Waals surface area contributed by atoms with E-state index in [1.54, 1.807) is 23.9 Å². The summed E-state index contributed by atoms with van der Waals surface area (Å²) in [5, 5.41) is 1.06. The summed E-state index contributed by atoms with van der Waals surface area (Å²) < 4.78 is 12.6. The SMILES string of the molecule is CC1(C2CCN(C(=O)CCc3ccc(F)cc3)CC2)SC(C[C@H]2C[C@@H]3CC[C@H]2C3)=NC1=O. The van der Waals surface area contributed by atoms with E-state index >= 15 is 0 Å². The number of hydrogen-bond acceptors (Lipinski definition) is 3. The van der Waals surface area contributed by atoms with Gasteiger partial charge in [0.2, 0.25) is 5.91 Å². The fourth-order valence-electron chi connectivity index (χ4n) is 6.47. The van der Waals surface area contributed by atoms with Crippen LogP contribution in [0.15, 0.2) is 29.3 Å². The first kappa shape index (κ1) is 22.1. The molecule has 2 amide bonds. The zero-order valence-electron chi connectivity index (χ0n) is 18.9. The Hall–Kier alpha value is -1.69. The van der Waals surface area contributed by atoms with Gasteiger partial charge in [0.1, 0.15) is 10.6 Å². The van der Waals surface area contributed by atoms with E-state index in [0.29, 0.717) is 25.9 Å². The molecule has 4 atom stereocenters. The maximum Gasteiger partial charge on any atom is 0.263 e. The Bertz CT molecular complexity index is 909. The number of thioether (sulfide) groups is 1. The van der Waals surface area contributed by atoms with Gasteiger partial charge in [-0.2, -0.15) is 0 Å². The molecule has 1 unspecified atom stereocenters. The maximum absolute atomic E-state index is 13.1. The number of carbonyl (C=O) groups excluding carboxylic acids is 2. The molecule has 2 heterocycles. The van der Waals surface area contributed by atoms with Crippen LogP contribution in [0.25, 0.3) is 0 Å². The van der Waals surface area contributed by atoms with E-state index in [1.165, 1.54) is 37.8 Å². The van der Waals surface area contributed by atoms with Crippen LogP contribution in [0.3, 0.4) is 0 Å². The summed E-state index contributed by atoms with van der Waals surface area (Å²) in [6.45, 7) is 3.49. The van der Waals surface area contributed by atoms with E-state index in [-0.39, 0.29) is 23.5 Å². The van der Waals surface area contributed by atoms with Gasteiger partial charge in [0.25, 0.3) is 5.91 Å². The number of rotatable bonds is 6. The largest absolute Gasteiger partial charge is 0.343 e. The Morgan fingerprint density at radius 3 is 2.56 bits per heavy atom. The molecule has 0 aromatic heterocycles. The molecule has 2 bridgehead atoms. The van der Waals surface area contributed by atoms with E-state index < -0.39 is 4.75 Å².